The van der Waals surface area contributed by atoms with Gasteiger partial charge in [-0.15, -0.1) is 0 Å². The van der Waals surface area contributed by atoms with Gasteiger partial charge >= 0.3 is 24.4 Å². The van der Waals surface area contributed by atoms with Crippen molar-refractivity contribution in [1.82, 2.24) is 0 Å². The Labute approximate surface area is 223 Å². The van der Waals surface area contributed by atoms with Crippen molar-refractivity contribution >= 4 is 24.4 Å². The average Bonchev–Trinajstić information content (AvgIpc) is 2.81. The summed E-state index contributed by atoms with van der Waals surface area (Å²) in [7, 11) is 0. The number of hydrogen-bond acceptors (Lipinski definition) is 12. The van der Waals surface area contributed by atoms with Crippen LogP contribution in [0.5, 0.6) is 11.5 Å². The maximum atomic E-state index is 12.4. The third-order valence-electron chi connectivity index (χ3n) is 4.31. The molecule has 0 saturated carbocycles. The Morgan fingerprint density at radius 3 is 1.76 bits per heavy atom. The van der Waals surface area contributed by atoms with E-state index in [4.69, 9.17) is 38.9 Å². The summed E-state index contributed by atoms with van der Waals surface area (Å²) >= 11 is 0. The van der Waals surface area contributed by atoms with Crippen molar-refractivity contribution in [2.75, 3.05) is 19.8 Å². The van der Waals surface area contributed by atoms with Gasteiger partial charge in [0.05, 0.1) is 19.3 Å². The van der Waals surface area contributed by atoms with Gasteiger partial charge in [0.15, 0.2) is 11.5 Å². The van der Waals surface area contributed by atoms with Crippen molar-refractivity contribution in [2.24, 2.45) is 17.6 Å². The predicted octanol–water partition coefficient (Wildman–Crippen LogP) is 4.39. The molecule has 0 amide bonds. The minimum absolute atomic E-state index is 0.00270. The maximum Gasteiger partial charge on any atom is 0.513 e. The molecular weight excluding hydrogens is 502 g/mol. The fraction of sp³-hybridized carbons (Fsp3) is 0.615. The molecule has 1 aromatic carbocycles. The first-order valence-corrected chi connectivity index (χ1v) is 12.4. The molecule has 1 rings (SSSR count). The highest BCUT2D eigenvalue weighted by molar-refractivity contribution is 5.76. The summed E-state index contributed by atoms with van der Waals surface area (Å²) in [5.74, 6) is -0.776. The van der Waals surface area contributed by atoms with Gasteiger partial charge in [-0.1, -0.05) is 33.8 Å². The van der Waals surface area contributed by atoms with Crippen molar-refractivity contribution in [3.63, 3.8) is 0 Å². The lowest BCUT2D eigenvalue weighted by atomic mass is 10.1. The van der Waals surface area contributed by atoms with E-state index in [-0.39, 0.29) is 55.7 Å². The zero-order valence-corrected chi connectivity index (χ0v) is 23.0. The monoisotopic (exact) mass is 541 g/mol. The van der Waals surface area contributed by atoms with E-state index in [0.29, 0.717) is 5.56 Å². The zero-order chi connectivity index (χ0) is 28.8. The number of nitrogens with two attached hydrogens (primary N) is 1. The molecule has 0 aliphatic rings. The summed E-state index contributed by atoms with van der Waals surface area (Å²) in [4.78, 5) is 48.1. The van der Waals surface area contributed by atoms with Gasteiger partial charge in [0.25, 0.3) is 0 Å². The number of carbonyl (C=O) groups excluding carboxylic acids is 4. The van der Waals surface area contributed by atoms with Gasteiger partial charge in [-0.05, 0) is 56.7 Å². The molecule has 0 spiro atoms. The summed E-state index contributed by atoms with van der Waals surface area (Å²) in [5.41, 5.74) is 6.47. The molecule has 0 aromatic heterocycles. The summed E-state index contributed by atoms with van der Waals surface area (Å²) < 4.78 is 35.4. The van der Waals surface area contributed by atoms with Crippen molar-refractivity contribution in [2.45, 2.75) is 73.1 Å². The molecule has 0 bridgehead atoms. The van der Waals surface area contributed by atoms with Crippen LogP contribution in [0.2, 0.25) is 0 Å². The molecule has 2 atom stereocenters. The quantitative estimate of drug-likeness (QED) is 0.213. The molecular formula is C26H39NO11. The Morgan fingerprint density at radius 1 is 0.711 bits per heavy atom. The third-order valence-corrected chi connectivity index (χ3v) is 4.31. The molecule has 0 unspecified atom stereocenters. The smallest absolute Gasteiger partial charge is 0.458 e. The van der Waals surface area contributed by atoms with E-state index in [1.165, 1.54) is 19.1 Å². The molecule has 0 saturated heterocycles. The van der Waals surface area contributed by atoms with Crippen LogP contribution in [-0.2, 0) is 34.9 Å². The summed E-state index contributed by atoms with van der Waals surface area (Å²) in [6.07, 6.45) is -3.96. The number of hydrogen-bond donors (Lipinski definition) is 1. The molecule has 0 heterocycles. The maximum absolute atomic E-state index is 12.4. The number of ether oxygens (including phenoxy) is 7. The lowest BCUT2D eigenvalue weighted by molar-refractivity contribution is -0.152. The third kappa shape index (κ3) is 13.7. The highest BCUT2D eigenvalue weighted by Gasteiger charge is 2.22. The van der Waals surface area contributed by atoms with E-state index in [1.807, 2.05) is 27.7 Å². The Kier molecular flexibility index (Phi) is 14.0. The van der Waals surface area contributed by atoms with Crippen LogP contribution in [0.4, 0.5) is 14.4 Å². The lowest BCUT2D eigenvalue weighted by Crippen LogP contribution is -2.37. The minimum Gasteiger partial charge on any atom is -0.458 e. The van der Waals surface area contributed by atoms with Gasteiger partial charge in [-0.25, -0.2) is 14.4 Å². The van der Waals surface area contributed by atoms with E-state index >= 15 is 0 Å². The van der Waals surface area contributed by atoms with E-state index in [9.17, 15) is 19.2 Å². The number of rotatable bonds is 13. The fourth-order valence-corrected chi connectivity index (χ4v) is 2.62. The van der Waals surface area contributed by atoms with E-state index in [0.717, 1.165) is 0 Å². The number of benzene rings is 1. The van der Waals surface area contributed by atoms with E-state index in [1.54, 1.807) is 19.9 Å². The molecule has 12 heteroatoms. The van der Waals surface area contributed by atoms with Crippen molar-refractivity contribution in [3.05, 3.63) is 23.8 Å². The number of carbonyl (C=O) groups is 4. The van der Waals surface area contributed by atoms with Gasteiger partial charge in [0.1, 0.15) is 18.8 Å². The molecule has 2 N–H and O–H groups in total. The van der Waals surface area contributed by atoms with Crippen LogP contribution >= 0.6 is 0 Å². The SMILES string of the molecule is CC(C)COC(=O)Oc1ccc(C[C@H](N)C(=O)O[C@@H](C)COC(=O)OC(C)C)cc1OC(=O)OCC(C)C. The first-order chi connectivity index (χ1) is 17.8. The largest absolute Gasteiger partial charge is 0.513 e. The second kappa shape index (κ2) is 16.3. The van der Waals surface area contributed by atoms with E-state index in [2.05, 4.69) is 0 Å². The molecule has 0 radical (unpaired) electrons. The molecule has 214 valence electrons. The van der Waals surface area contributed by atoms with E-state index < -0.39 is 36.6 Å². The first kappa shape index (κ1) is 32.5. The highest BCUT2D eigenvalue weighted by atomic mass is 16.7. The molecule has 38 heavy (non-hydrogen) atoms. The molecule has 0 fully saturated rings. The van der Waals surface area contributed by atoms with Gasteiger partial charge in [0, 0.05) is 0 Å². The van der Waals surface area contributed by atoms with Crippen LogP contribution in [0.15, 0.2) is 18.2 Å². The number of esters is 1. The van der Waals surface area contributed by atoms with Crippen molar-refractivity contribution < 1.29 is 52.3 Å². The van der Waals surface area contributed by atoms with Crippen LogP contribution in [0.1, 0.15) is 54.0 Å². The fourth-order valence-electron chi connectivity index (χ4n) is 2.62. The Hall–Kier alpha value is -3.54. The second-order valence-electron chi connectivity index (χ2n) is 9.68. The van der Waals surface area contributed by atoms with Gasteiger partial charge in [0.2, 0.25) is 0 Å². The molecule has 0 aliphatic heterocycles. The topological polar surface area (TPSA) is 159 Å². The molecule has 1 aromatic rings. The normalized spacial score (nSPS) is 12.5. The summed E-state index contributed by atoms with van der Waals surface area (Å²) in [6, 6.07) is 3.22. The summed E-state index contributed by atoms with van der Waals surface area (Å²) in [5, 5.41) is 0. The zero-order valence-electron chi connectivity index (χ0n) is 23.0. The average molecular weight is 542 g/mol. The van der Waals surface area contributed by atoms with Crippen molar-refractivity contribution in [1.29, 1.82) is 0 Å². The lowest BCUT2D eigenvalue weighted by Gasteiger charge is -2.18. The van der Waals surface area contributed by atoms with Crippen molar-refractivity contribution in [3.8, 4) is 11.5 Å². The van der Waals surface area contributed by atoms with Gasteiger partial charge < -0.3 is 38.9 Å². The first-order valence-electron chi connectivity index (χ1n) is 12.4. The molecule has 12 nitrogen and oxygen atoms in total. The Balaban J connectivity index is 2.86. The standard InChI is InChI=1S/C26H39NO11/c1-15(2)12-32-25(30)37-21-9-8-19(11-22(21)38-26(31)33-13-16(3)4)10-20(27)23(28)36-18(7)14-34-24(29)35-17(5)6/h8-9,11,15-18,20H,10,12-14,27H2,1-7H3/t18-,20-/m0/s1. The van der Waals surface area contributed by atoms with Gasteiger partial charge in [-0.2, -0.15) is 0 Å². The van der Waals surface area contributed by atoms with Crippen LogP contribution in [0, 0.1) is 11.8 Å². The van der Waals surface area contributed by atoms with Gasteiger partial charge in [-0.3, -0.25) is 4.79 Å². The summed E-state index contributed by atoms with van der Waals surface area (Å²) in [6.45, 7) is 12.4. The second-order valence-corrected chi connectivity index (χ2v) is 9.68. The van der Waals surface area contributed by atoms with Crippen LogP contribution in [0.3, 0.4) is 0 Å². The van der Waals surface area contributed by atoms with Crippen LogP contribution < -0.4 is 15.2 Å². The van der Waals surface area contributed by atoms with Crippen LogP contribution in [-0.4, -0.2) is 62.5 Å². The Bertz CT molecular complexity index is 930. The van der Waals surface area contributed by atoms with Crippen LogP contribution in [0.25, 0.3) is 0 Å². The minimum atomic E-state index is -1.09. The molecule has 0 aliphatic carbocycles. The predicted molar refractivity (Wildman–Crippen MR) is 135 cm³/mol. The Morgan fingerprint density at radius 2 is 1.24 bits per heavy atom. The highest BCUT2D eigenvalue weighted by Crippen LogP contribution is 2.30.